The van der Waals surface area contributed by atoms with Crippen molar-refractivity contribution in [3.05, 3.63) is 0 Å². The molecule has 0 aliphatic rings. The van der Waals surface area contributed by atoms with Crippen LogP contribution in [0, 0.1) is 17.8 Å². The second-order valence-corrected chi connectivity index (χ2v) is 30.4. The van der Waals surface area contributed by atoms with E-state index >= 15 is 0 Å². The second-order valence-electron chi connectivity index (χ2n) is 24.7. The van der Waals surface area contributed by atoms with Crippen LogP contribution in [0.25, 0.3) is 0 Å². The van der Waals surface area contributed by atoms with Gasteiger partial charge in [-0.15, -0.1) is 0 Å². The van der Waals surface area contributed by atoms with E-state index in [1.54, 1.807) is 0 Å². The van der Waals surface area contributed by atoms with Crippen LogP contribution in [0.3, 0.4) is 0 Å². The van der Waals surface area contributed by atoms with Crippen LogP contribution < -0.4 is 37.2 Å². The predicted octanol–water partition coefficient (Wildman–Crippen LogP) is -7.32. The van der Waals surface area contributed by atoms with E-state index in [2.05, 4.69) is 37.2 Å². The molecule has 0 aliphatic heterocycles. The van der Waals surface area contributed by atoms with Gasteiger partial charge in [-0.05, 0) is 52.4 Å². The van der Waals surface area contributed by atoms with E-state index < -0.39 is 314 Å². The molecule has 0 heterocycles. The third-order valence-electron chi connectivity index (χ3n) is 15.8. The lowest BCUT2D eigenvalue weighted by atomic mass is 9.89. The van der Waals surface area contributed by atoms with Crippen molar-refractivity contribution in [1.82, 2.24) is 37.2 Å². The Morgan fingerprint density at radius 3 is 1.11 bits per heavy atom. The van der Waals surface area contributed by atoms with E-state index in [9.17, 15) is 144 Å². The van der Waals surface area contributed by atoms with Crippen LogP contribution in [0.4, 0.5) is 4.79 Å². The zero-order chi connectivity index (χ0) is 79.6. The smallest absolute Gasteiger partial charge is 0.406 e. The maximum absolute atomic E-state index is 14.7. The van der Waals surface area contributed by atoms with Gasteiger partial charge in [0.1, 0.15) is 73.4 Å². The molecular formula is C61H105N7O32S4. The van der Waals surface area contributed by atoms with Gasteiger partial charge in [0.05, 0.1) is 55.0 Å². The molecule has 600 valence electrons. The van der Waals surface area contributed by atoms with Crippen molar-refractivity contribution >= 4 is 120 Å². The molecule has 43 heteroatoms. The maximum Gasteiger partial charge on any atom is 0.406 e. The molecule has 18 atom stereocenters. The molecule has 0 aromatic rings. The predicted molar refractivity (Wildman–Crippen MR) is 371 cm³/mol. The fourth-order valence-electron chi connectivity index (χ4n) is 9.39. The Bertz CT molecular complexity index is 2700. The Hall–Kier alpha value is -5.69. The van der Waals surface area contributed by atoms with Crippen LogP contribution in [-0.2, 0) is 62.3 Å². The summed E-state index contributed by atoms with van der Waals surface area (Å²) in [4.78, 5) is 174. The van der Waals surface area contributed by atoms with Crippen LogP contribution >= 0.6 is 43.2 Å². The minimum atomic E-state index is -2.18. The number of rotatable bonds is 60. The molecule has 0 bridgehead atoms. The van der Waals surface area contributed by atoms with Crippen LogP contribution in [0.15, 0.2) is 0 Å². The number of ether oxygens (including phenoxy) is 1. The highest BCUT2D eigenvalue weighted by molar-refractivity contribution is 8.77. The molecule has 0 aliphatic carbocycles. The van der Waals surface area contributed by atoms with Gasteiger partial charge in [-0.3, -0.25) is 52.7 Å². The van der Waals surface area contributed by atoms with Crippen molar-refractivity contribution in [3.8, 4) is 0 Å². The Morgan fingerprint density at radius 1 is 0.423 bits per heavy atom. The SMILES string of the molecule is CCCSSC(C)(C)[C@H](NC(=O)[C@H](CCC(=O)NC[C@H](O)[C@@H](O)[C@H](O)[C@H](O)CO)CC(=O)[C@H](CCC(=O)O)NC(=O)[C@H](CCC(=O)NC[C@H](O)[C@@H](O)[C@H](O)[C@H](O)CO)CC(=O)[C@H](CCC(=O)O)NC(=O)[C@H](CCC(=O)NC[C@H](O)[C@@H](O)[C@H](O)[C@H](O)CO)CC(=O)CCSSCCOC(=O)NC)C(=O)O. The molecule has 39 nitrogen and oxygen atoms in total. The number of hydrogen-bond acceptors (Lipinski definition) is 33. The first-order valence-electron chi connectivity index (χ1n) is 33.1. The highest BCUT2D eigenvalue weighted by atomic mass is 33.1. The third kappa shape index (κ3) is 39.8. The number of aliphatic carboxylic acids is 3. The first-order chi connectivity index (χ1) is 48.7. The van der Waals surface area contributed by atoms with Crippen molar-refractivity contribution in [2.24, 2.45) is 17.8 Å². The molecule has 0 fully saturated rings. The normalized spacial score (nSPS) is 16.9. The van der Waals surface area contributed by atoms with Gasteiger partial charge in [-0.1, -0.05) is 50.1 Å². The number of carboxylic acids is 3. The quantitative estimate of drug-likeness (QED) is 0.0199. The molecule has 0 aromatic heterocycles. The summed E-state index contributed by atoms with van der Waals surface area (Å²) in [5.41, 5.74) is 0. The van der Waals surface area contributed by atoms with E-state index in [1.165, 1.54) is 53.3 Å². The van der Waals surface area contributed by atoms with Gasteiger partial charge in [0.2, 0.25) is 35.4 Å². The summed E-state index contributed by atoms with van der Waals surface area (Å²) in [5.74, 6) is -18.3. The molecule has 0 radical (unpaired) electrons. The minimum absolute atomic E-state index is 0.000665. The number of carbonyl (C=O) groups is 13. The molecule has 104 heavy (non-hydrogen) atoms. The lowest BCUT2D eigenvalue weighted by Gasteiger charge is -2.32. The van der Waals surface area contributed by atoms with E-state index in [-0.39, 0.29) is 18.8 Å². The topological polar surface area (TPSA) is 679 Å². The lowest BCUT2D eigenvalue weighted by molar-refractivity contribution is -0.143. The Balaban J connectivity index is 7.73. The summed E-state index contributed by atoms with van der Waals surface area (Å²) < 4.78 is 3.63. The van der Waals surface area contributed by atoms with E-state index in [0.717, 1.165) is 10.8 Å². The van der Waals surface area contributed by atoms with Crippen molar-refractivity contribution in [1.29, 1.82) is 0 Å². The average Bonchev–Trinajstić information content (AvgIpc) is 0.837. The molecular weight excluding hydrogens is 1470 g/mol. The highest BCUT2D eigenvalue weighted by Gasteiger charge is 2.41. The number of nitrogens with one attached hydrogen (secondary N) is 7. The number of aliphatic hydroxyl groups excluding tert-OH is 15. The van der Waals surface area contributed by atoms with Crippen molar-refractivity contribution < 1.29 is 159 Å². The molecule has 25 N–H and O–H groups in total. The second kappa shape index (κ2) is 53.2. The van der Waals surface area contributed by atoms with Crippen molar-refractivity contribution in [2.75, 3.05) is 70.4 Å². The number of alkyl carbamates (subject to hydrolysis) is 1. The lowest BCUT2D eigenvalue weighted by Crippen LogP contribution is -2.54. The monoisotopic (exact) mass is 1580 g/mol. The molecule has 0 saturated carbocycles. The van der Waals surface area contributed by atoms with E-state index in [4.69, 9.17) is 14.9 Å². The van der Waals surface area contributed by atoms with Crippen LogP contribution in [0.5, 0.6) is 0 Å². The van der Waals surface area contributed by atoms with E-state index in [0.29, 0.717) is 17.9 Å². The largest absolute Gasteiger partial charge is 0.481 e. The Labute approximate surface area is 614 Å². The molecule has 0 saturated heterocycles. The zero-order valence-electron chi connectivity index (χ0n) is 58.0. The number of ketones is 3. The fourth-order valence-corrected chi connectivity index (χ4v) is 14.0. The minimum Gasteiger partial charge on any atom is -0.481 e. The van der Waals surface area contributed by atoms with E-state index in [1.807, 2.05) is 6.92 Å². The Morgan fingerprint density at radius 2 is 0.769 bits per heavy atom. The third-order valence-corrected chi connectivity index (χ3v) is 21.7. The highest BCUT2D eigenvalue weighted by Crippen LogP contribution is 2.39. The van der Waals surface area contributed by atoms with Crippen LogP contribution in [-0.4, -0.2) is 335 Å². The summed E-state index contributed by atoms with van der Waals surface area (Å²) in [5, 5.41) is 195. The molecule has 0 spiro atoms. The summed E-state index contributed by atoms with van der Waals surface area (Å²) in [6.45, 7) is -0.718. The fraction of sp³-hybridized carbons (Fsp3) is 0.787. The van der Waals surface area contributed by atoms with Crippen molar-refractivity contribution in [3.63, 3.8) is 0 Å². The van der Waals surface area contributed by atoms with Gasteiger partial charge in [0.15, 0.2) is 11.6 Å². The average molecular weight is 1580 g/mol. The Kier molecular flexibility index (Phi) is 50.2. The zero-order valence-corrected chi connectivity index (χ0v) is 61.2. The number of carboxylic acid groups (broad SMARTS) is 3. The number of carbonyl (C=O) groups excluding carboxylic acids is 10. The molecule has 0 aromatic carbocycles. The standard InChI is InChI=1S/C61H105N7O32S4/c1-5-18-103-104-61(2,3)55(59(97)98)68-58(96)32(8-13-46(83)65-26-40(77)51(90)54(93)43(80)29-71)23-37(74)35(10-15-48(86)87)67-57(95)31(7-12-45(82)64-25-39(76)50(89)53(92)42(79)28-70)22-36(73)34(9-14-47(84)85)66-56(94)30(21-33(72)16-19-101-102-20-17-100-60(99)62-4)6-11-44(81)63-24-38(75)49(88)52(91)41(78)27-69/h30-32,34-35,38-43,49-55,69-71,75-80,88-93H,5-29H2,1-4H3,(H,62,99)(H,63,81)(H,64,82)(H,65,83)(H,66,94)(H,67,95)(H,68,96)(H,84,85)(H,86,87)(H,97,98)/t30-,31-,32-,34+,35+,38+,39+,40+,41-,42-,43-,49-,50-,51-,52-,53-,54-,55-/m1/s1. The molecule has 0 unspecified atom stereocenters. The van der Waals surface area contributed by atoms with Gasteiger partial charge in [0, 0.05) is 119 Å². The van der Waals surface area contributed by atoms with Gasteiger partial charge >= 0.3 is 24.0 Å². The maximum atomic E-state index is 14.7. The number of amides is 7. The van der Waals surface area contributed by atoms with Gasteiger partial charge in [-0.25, -0.2) is 9.59 Å². The first kappa shape index (κ1) is 98.3. The van der Waals surface area contributed by atoms with Gasteiger partial charge in [-0.2, -0.15) is 0 Å². The summed E-state index contributed by atoms with van der Waals surface area (Å²) >= 11 is 0. The van der Waals surface area contributed by atoms with Gasteiger partial charge in [0.25, 0.3) is 0 Å². The van der Waals surface area contributed by atoms with Crippen molar-refractivity contribution in [2.45, 2.75) is 213 Å². The number of aliphatic hydroxyl groups is 15. The summed E-state index contributed by atoms with van der Waals surface area (Å²) in [6, 6.07) is -5.57. The summed E-state index contributed by atoms with van der Waals surface area (Å²) in [6.07, 6.45) is -34.7. The first-order valence-corrected chi connectivity index (χ1v) is 37.9. The van der Waals surface area contributed by atoms with Crippen LogP contribution in [0.1, 0.15) is 117 Å². The van der Waals surface area contributed by atoms with Crippen LogP contribution in [0.2, 0.25) is 0 Å². The number of Topliss-reactive ketones (excluding diaryl/α,β-unsaturated/α-hetero) is 3. The molecule has 0 rings (SSSR count). The number of hydrogen-bond donors (Lipinski definition) is 25. The van der Waals surface area contributed by atoms with Gasteiger partial charge < -0.3 is 134 Å². The summed E-state index contributed by atoms with van der Waals surface area (Å²) in [7, 11) is 6.12. The molecule has 7 amide bonds.